The highest BCUT2D eigenvalue weighted by atomic mass is 127. The molecule has 1 saturated heterocycles. The standard InChI is InChI=1S/C21H30ClN5S.HI/c1-3-18-13-24-20(28-18)14-26-21(23-2)25-12-16-8-10-27(11-9-16)15-17-6-4-5-7-19(17)22;/h4-7,13,16H,3,8-12,14-15H2,1-2H3,(H2,23,25,26);1H. The number of aromatic nitrogens is 1. The average molecular weight is 548 g/mol. The van der Waals surface area contributed by atoms with Crippen molar-refractivity contribution < 1.29 is 0 Å². The van der Waals surface area contributed by atoms with Crippen LogP contribution in [0.4, 0.5) is 0 Å². The Balaban J connectivity index is 0.00000300. The average Bonchev–Trinajstić information content (AvgIpc) is 3.19. The third kappa shape index (κ3) is 7.70. The van der Waals surface area contributed by atoms with Gasteiger partial charge in [-0.2, -0.15) is 0 Å². The fourth-order valence-corrected chi connectivity index (χ4v) is 4.43. The van der Waals surface area contributed by atoms with Gasteiger partial charge in [-0.25, -0.2) is 4.98 Å². The molecular formula is C21H31ClIN5S. The second kappa shape index (κ2) is 12.7. The lowest BCUT2D eigenvalue weighted by Crippen LogP contribution is -2.42. The van der Waals surface area contributed by atoms with Gasteiger partial charge >= 0.3 is 0 Å². The van der Waals surface area contributed by atoms with Crippen LogP contribution in [-0.4, -0.2) is 42.5 Å². The Labute approximate surface area is 200 Å². The van der Waals surface area contributed by atoms with Gasteiger partial charge in [0.05, 0.1) is 6.54 Å². The number of hydrogen-bond acceptors (Lipinski definition) is 4. The SMILES string of the molecule is CCc1cnc(CNC(=NC)NCC2CCN(Cc3ccccc3Cl)CC2)s1.I. The van der Waals surface area contributed by atoms with E-state index in [4.69, 9.17) is 11.6 Å². The number of aliphatic imine (C=N–C) groups is 1. The molecule has 1 aliphatic heterocycles. The van der Waals surface area contributed by atoms with Crippen molar-refractivity contribution in [3.63, 3.8) is 0 Å². The van der Waals surface area contributed by atoms with E-state index >= 15 is 0 Å². The zero-order valence-corrected chi connectivity index (χ0v) is 21.1. The van der Waals surface area contributed by atoms with Crippen molar-refractivity contribution in [2.75, 3.05) is 26.7 Å². The van der Waals surface area contributed by atoms with E-state index in [9.17, 15) is 0 Å². The van der Waals surface area contributed by atoms with E-state index < -0.39 is 0 Å². The lowest BCUT2D eigenvalue weighted by Gasteiger charge is -2.32. The molecule has 29 heavy (non-hydrogen) atoms. The van der Waals surface area contributed by atoms with Crippen molar-refractivity contribution in [1.29, 1.82) is 0 Å². The number of halogens is 2. The molecule has 0 radical (unpaired) electrons. The van der Waals surface area contributed by atoms with Crippen LogP contribution in [0.15, 0.2) is 35.5 Å². The van der Waals surface area contributed by atoms with E-state index in [1.165, 1.54) is 23.3 Å². The lowest BCUT2D eigenvalue weighted by atomic mass is 9.96. The van der Waals surface area contributed by atoms with Crippen LogP contribution in [-0.2, 0) is 19.5 Å². The summed E-state index contributed by atoms with van der Waals surface area (Å²) in [6, 6.07) is 8.14. The van der Waals surface area contributed by atoms with Crippen molar-refractivity contribution in [1.82, 2.24) is 20.5 Å². The van der Waals surface area contributed by atoms with Gasteiger partial charge in [-0.05, 0) is 49.9 Å². The maximum absolute atomic E-state index is 6.30. The number of rotatable bonds is 7. The van der Waals surface area contributed by atoms with Crippen LogP contribution >= 0.6 is 46.9 Å². The molecule has 160 valence electrons. The van der Waals surface area contributed by atoms with Gasteiger partial charge in [-0.1, -0.05) is 36.7 Å². The minimum absolute atomic E-state index is 0. The summed E-state index contributed by atoms with van der Waals surface area (Å²) in [6.45, 7) is 7.00. The molecule has 0 aliphatic carbocycles. The fraction of sp³-hybridized carbons (Fsp3) is 0.524. The van der Waals surface area contributed by atoms with Crippen LogP contribution in [0.3, 0.4) is 0 Å². The van der Waals surface area contributed by atoms with Gasteiger partial charge in [0.15, 0.2) is 5.96 Å². The van der Waals surface area contributed by atoms with Crippen LogP contribution in [0.1, 0.15) is 35.2 Å². The first-order valence-electron chi connectivity index (χ1n) is 10.0. The molecule has 3 rings (SSSR count). The first kappa shape index (κ1) is 24.4. The van der Waals surface area contributed by atoms with Crippen LogP contribution in [0.2, 0.25) is 5.02 Å². The highest BCUT2D eigenvalue weighted by molar-refractivity contribution is 14.0. The summed E-state index contributed by atoms with van der Waals surface area (Å²) in [6.07, 6.45) is 5.40. The predicted molar refractivity (Wildman–Crippen MR) is 135 cm³/mol. The number of nitrogens with zero attached hydrogens (tertiary/aromatic N) is 3. The Hall–Kier alpha value is -0.900. The number of benzene rings is 1. The number of nitrogens with one attached hydrogen (secondary N) is 2. The first-order valence-corrected chi connectivity index (χ1v) is 11.2. The van der Waals surface area contributed by atoms with Crippen molar-refractivity contribution in [2.45, 2.75) is 39.3 Å². The quantitative estimate of drug-likeness (QED) is 0.303. The molecule has 1 aliphatic rings. The second-order valence-electron chi connectivity index (χ2n) is 7.19. The molecule has 1 fully saturated rings. The maximum atomic E-state index is 6.30. The van der Waals surface area contributed by atoms with Crippen molar-refractivity contribution >= 4 is 52.9 Å². The third-order valence-corrected chi connectivity index (χ3v) is 6.71. The number of likely N-dealkylation sites (tertiary alicyclic amines) is 1. The molecule has 1 aromatic carbocycles. The summed E-state index contributed by atoms with van der Waals surface area (Å²) < 4.78 is 0. The van der Waals surface area contributed by atoms with Gasteiger partial charge in [0, 0.05) is 36.2 Å². The molecule has 0 bridgehead atoms. The van der Waals surface area contributed by atoms with Crippen molar-refractivity contribution in [3.05, 3.63) is 50.9 Å². The summed E-state index contributed by atoms with van der Waals surface area (Å²) in [5.41, 5.74) is 1.22. The molecule has 2 heterocycles. The highest BCUT2D eigenvalue weighted by Crippen LogP contribution is 2.22. The molecule has 0 saturated carbocycles. The highest BCUT2D eigenvalue weighted by Gasteiger charge is 2.20. The smallest absolute Gasteiger partial charge is 0.191 e. The van der Waals surface area contributed by atoms with Crippen LogP contribution in [0.25, 0.3) is 0 Å². The Morgan fingerprint density at radius 2 is 2.03 bits per heavy atom. The van der Waals surface area contributed by atoms with E-state index in [2.05, 4.69) is 44.6 Å². The number of thiazole rings is 1. The molecule has 0 spiro atoms. The minimum Gasteiger partial charge on any atom is -0.356 e. The number of aryl methyl sites for hydroxylation is 1. The summed E-state index contributed by atoms with van der Waals surface area (Å²) in [4.78, 5) is 12.6. The maximum Gasteiger partial charge on any atom is 0.191 e. The molecule has 0 atom stereocenters. The zero-order valence-electron chi connectivity index (χ0n) is 17.2. The van der Waals surface area contributed by atoms with E-state index in [1.54, 1.807) is 11.3 Å². The van der Waals surface area contributed by atoms with Gasteiger partial charge in [0.2, 0.25) is 0 Å². The van der Waals surface area contributed by atoms with Crippen molar-refractivity contribution in [2.24, 2.45) is 10.9 Å². The van der Waals surface area contributed by atoms with Crippen LogP contribution < -0.4 is 10.6 Å². The second-order valence-corrected chi connectivity index (χ2v) is 8.80. The Kier molecular flexibility index (Phi) is 10.7. The number of guanidine groups is 1. The molecule has 0 amide bonds. The summed E-state index contributed by atoms with van der Waals surface area (Å²) >= 11 is 8.06. The van der Waals surface area contributed by atoms with Gasteiger partial charge in [-0.3, -0.25) is 9.89 Å². The normalized spacial score (nSPS) is 15.8. The summed E-state index contributed by atoms with van der Waals surface area (Å²) in [7, 11) is 1.82. The van der Waals surface area contributed by atoms with Crippen LogP contribution in [0, 0.1) is 5.92 Å². The molecule has 1 aromatic heterocycles. The van der Waals surface area contributed by atoms with E-state index in [0.717, 1.165) is 55.1 Å². The number of hydrogen-bond donors (Lipinski definition) is 2. The van der Waals surface area contributed by atoms with Gasteiger partial charge < -0.3 is 10.6 Å². The largest absolute Gasteiger partial charge is 0.356 e. The van der Waals surface area contributed by atoms with Crippen LogP contribution in [0.5, 0.6) is 0 Å². The van der Waals surface area contributed by atoms with E-state index in [-0.39, 0.29) is 24.0 Å². The topological polar surface area (TPSA) is 52.6 Å². The van der Waals surface area contributed by atoms with Gasteiger partial charge in [-0.15, -0.1) is 35.3 Å². The Bertz CT molecular complexity index is 774. The molecule has 2 aromatic rings. The lowest BCUT2D eigenvalue weighted by molar-refractivity contribution is 0.178. The molecule has 5 nitrogen and oxygen atoms in total. The molecule has 0 unspecified atom stereocenters. The van der Waals surface area contributed by atoms with E-state index in [0.29, 0.717) is 5.92 Å². The third-order valence-electron chi connectivity index (χ3n) is 5.20. The molecule has 8 heteroatoms. The van der Waals surface area contributed by atoms with Gasteiger partial charge in [0.1, 0.15) is 5.01 Å². The van der Waals surface area contributed by atoms with Crippen molar-refractivity contribution in [3.8, 4) is 0 Å². The number of piperidine rings is 1. The molecular weight excluding hydrogens is 517 g/mol. The Morgan fingerprint density at radius 3 is 2.69 bits per heavy atom. The predicted octanol–water partition coefficient (Wildman–Crippen LogP) is 4.55. The van der Waals surface area contributed by atoms with Gasteiger partial charge in [0.25, 0.3) is 0 Å². The first-order chi connectivity index (χ1) is 13.7. The fourth-order valence-electron chi connectivity index (χ4n) is 3.43. The zero-order chi connectivity index (χ0) is 19.8. The summed E-state index contributed by atoms with van der Waals surface area (Å²) in [5.74, 6) is 1.53. The summed E-state index contributed by atoms with van der Waals surface area (Å²) in [5, 5.41) is 8.82. The Morgan fingerprint density at radius 1 is 1.28 bits per heavy atom. The molecule has 2 N–H and O–H groups in total. The minimum atomic E-state index is 0. The monoisotopic (exact) mass is 547 g/mol. The van der Waals surface area contributed by atoms with E-state index in [1.807, 2.05) is 25.4 Å².